The lowest BCUT2D eigenvalue weighted by molar-refractivity contribution is -0.401. The van der Waals surface area contributed by atoms with Crippen LogP contribution in [0.1, 0.15) is 5.56 Å². The Balaban J connectivity index is 1.68. The number of nitrogens with zero attached hydrogens (tertiary/aromatic N) is 7. The smallest absolute Gasteiger partial charge is 0.400 e. The van der Waals surface area contributed by atoms with Crippen molar-refractivity contribution < 1.29 is 9.34 Å². The van der Waals surface area contributed by atoms with E-state index < -0.39 is 4.92 Å². The zero-order valence-corrected chi connectivity index (χ0v) is 18.4. The van der Waals surface area contributed by atoms with Gasteiger partial charge in [-0.15, -0.1) is 10.2 Å². The summed E-state index contributed by atoms with van der Waals surface area (Å²) in [5.41, 5.74) is 1.89. The molecule has 12 heteroatoms. The summed E-state index contributed by atoms with van der Waals surface area (Å²) in [5.74, 6) is 1.00. The van der Waals surface area contributed by atoms with Crippen molar-refractivity contribution in [3.8, 4) is 22.0 Å². The number of nitro groups is 1. The van der Waals surface area contributed by atoms with Crippen LogP contribution in [-0.2, 0) is 0 Å². The predicted octanol–water partition coefficient (Wildman–Crippen LogP) is 2.52. The molecule has 0 bridgehead atoms. The SMILES string of the molecule is Cc1ccc2c(c1)=N/C(=c1/cc(-c3ccc([N+](=O)[O-])o3)sc3nnc(-c4ccncc4)n3[nH]1)N=2. The van der Waals surface area contributed by atoms with E-state index in [1.54, 1.807) is 29.0 Å². The molecule has 0 spiro atoms. The molecule has 0 amide bonds. The van der Waals surface area contributed by atoms with E-state index in [1.165, 1.54) is 17.4 Å². The molecule has 0 atom stereocenters. The summed E-state index contributed by atoms with van der Waals surface area (Å²) in [4.78, 5) is 25.1. The molecule has 0 radical (unpaired) electrons. The Kier molecular flexibility index (Phi) is 4.52. The van der Waals surface area contributed by atoms with Gasteiger partial charge in [0.2, 0.25) is 4.96 Å². The molecule has 1 aliphatic rings. The second-order valence-electron chi connectivity index (χ2n) is 7.45. The molecule has 166 valence electrons. The Bertz CT molecular complexity index is 1810. The van der Waals surface area contributed by atoms with Gasteiger partial charge < -0.3 is 4.42 Å². The van der Waals surface area contributed by atoms with Crippen LogP contribution in [0.2, 0.25) is 0 Å². The van der Waals surface area contributed by atoms with Gasteiger partial charge in [0.15, 0.2) is 17.4 Å². The van der Waals surface area contributed by atoms with E-state index in [4.69, 9.17) is 9.41 Å². The first-order valence-electron chi connectivity index (χ1n) is 10.1. The Morgan fingerprint density at radius 3 is 2.65 bits per heavy atom. The van der Waals surface area contributed by atoms with Crippen molar-refractivity contribution in [2.24, 2.45) is 9.98 Å². The molecule has 0 fully saturated rings. The molecule has 1 aromatic carbocycles. The van der Waals surface area contributed by atoms with Gasteiger partial charge in [0.25, 0.3) is 0 Å². The summed E-state index contributed by atoms with van der Waals surface area (Å²) in [6.45, 7) is 1.99. The molecule has 0 aliphatic carbocycles. The van der Waals surface area contributed by atoms with Crippen molar-refractivity contribution >= 4 is 28.0 Å². The van der Waals surface area contributed by atoms with Crippen molar-refractivity contribution in [2.75, 3.05) is 0 Å². The van der Waals surface area contributed by atoms with Crippen molar-refractivity contribution in [1.29, 1.82) is 0 Å². The van der Waals surface area contributed by atoms with Crippen molar-refractivity contribution in [3.63, 3.8) is 0 Å². The molecule has 5 aromatic rings. The zero-order chi connectivity index (χ0) is 23.2. The van der Waals surface area contributed by atoms with Gasteiger partial charge >= 0.3 is 5.88 Å². The summed E-state index contributed by atoms with van der Waals surface area (Å²) in [6, 6.07) is 14.2. The first kappa shape index (κ1) is 19.9. The van der Waals surface area contributed by atoms with Crippen LogP contribution in [0.4, 0.5) is 5.88 Å². The van der Waals surface area contributed by atoms with Crippen LogP contribution >= 0.6 is 11.3 Å². The topological polar surface area (TPSA) is 140 Å². The van der Waals surface area contributed by atoms with Gasteiger partial charge in [0, 0.05) is 18.0 Å². The second kappa shape index (κ2) is 7.71. The van der Waals surface area contributed by atoms with Crippen LogP contribution in [0.3, 0.4) is 0 Å². The Morgan fingerprint density at radius 2 is 1.85 bits per heavy atom. The maximum atomic E-state index is 11.2. The van der Waals surface area contributed by atoms with Gasteiger partial charge in [0.05, 0.1) is 21.7 Å². The van der Waals surface area contributed by atoms with E-state index >= 15 is 0 Å². The van der Waals surface area contributed by atoms with E-state index in [1.807, 2.05) is 37.3 Å². The van der Waals surface area contributed by atoms with E-state index in [9.17, 15) is 10.1 Å². The number of rotatable bonds is 3. The van der Waals surface area contributed by atoms with Gasteiger partial charge in [-0.3, -0.25) is 20.2 Å². The highest BCUT2D eigenvalue weighted by atomic mass is 32.1. The van der Waals surface area contributed by atoms with Crippen molar-refractivity contribution in [2.45, 2.75) is 6.92 Å². The van der Waals surface area contributed by atoms with E-state index in [-0.39, 0.29) is 5.88 Å². The number of hydrogen-bond acceptors (Lipinski definition) is 9. The van der Waals surface area contributed by atoms with E-state index in [2.05, 4.69) is 25.3 Å². The Morgan fingerprint density at radius 1 is 1.03 bits per heavy atom. The lowest BCUT2D eigenvalue weighted by Crippen LogP contribution is -2.20. The fourth-order valence-electron chi connectivity index (χ4n) is 3.52. The second-order valence-corrected chi connectivity index (χ2v) is 8.46. The summed E-state index contributed by atoms with van der Waals surface area (Å²) in [6.07, 6.45) is 3.35. The summed E-state index contributed by atoms with van der Waals surface area (Å²) in [5, 5.41) is 25.2. The summed E-state index contributed by atoms with van der Waals surface area (Å²) in [7, 11) is 0. The molecule has 1 N–H and O–H groups in total. The molecule has 5 heterocycles. The number of nitrogens with one attached hydrogen (secondary N) is 1. The van der Waals surface area contributed by atoms with Gasteiger partial charge in [-0.25, -0.2) is 14.5 Å². The number of aromatic nitrogens is 5. The third-order valence-corrected chi connectivity index (χ3v) is 6.11. The average Bonchev–Trinajstić information content (AvgIpc) is 3.55. The van der Waals surface area contributed by atoms with Gasteiger partial charge in [-0.2, -0.15) is 0 Å². The molecule has 0 saturated carbocycles. The number of aryl methyl sites for hydroxylation is 1. The molecule has 34 heavy (non-hydrogen) atoms. The van der Waals surface area contributed by atoms with Gasteiger partial charge in [-0.1, -0.05) is 17.4 Å². The van der Waals surface area contributed by atoms with Gasteiger partial charge in [-0.05, 0) is 48.9 Å². The zero-order valence-electron chi connectivity index (χ0n) is 17.5. The first-order chi connectivity index (χ1) is 16.5. The minimum atomic E-state index is -0.576. The van der Waals surface area contributed by atoms with Crippen LogP contribution in [0, 0.1) is 17.0 Å². The minimum absolute atomic E-state index is 0.324. The lowest BCUT2D eigenvalue weighted by Gasteiger charge is -1.97. The monoisotopic (exact) mass is 470 g/mol. The molecule has 11 nitrogen and oxygen atoms in total. The predicted molar refractivity (Wildman–Crippen MR) is 123 cm³/mol. The molecular formula is C22H14N8O3S. The van der Waals surface area contributed by atoms with Crippen LogP contribution in [0.25, 0.3) is 32.8 Å². The van der Waals surface area contributed by atoms with E-state index in [0.29, 0.717) is 32.6 Å². The molecule has 1 aliphatic heterocycles. The van der Waals surface area contributed by atoms with Crippen LogP contribution in [0.15, 0.2) is 75.3 Å². The largest absolute Gasteiger partial charge is 0.433 e. The quantitative estimate of drug-likeness (QED) is 0.317. The fourth-order valence-corrected chi connectivity index (χ4v) is 4.41. The summed E-state index contributed by atoms with van der Waals surface area (Å²) >= 11 is 1.26. The number of fused-ring (bicyclic) bond motifs is 2. The number of furan rings is 1. The van der Waals surface area contributed by atoms with Crippen LogP contribution < -0.4 is 16.1 Å². The summed E-state index contributed by atoms with van der Waals surface area (Å²) < 4.78 is 7.19. The number of pyridine rings is 1. The highest BCUT2D eigenvalue weighted by molar-refractivity contribution is 7.19. The van der Waals surface area contributed by atoms with Crippen LogP contribution in [-0.4, -0.2) is 29.7 Å². The maximum Gasteiger partial charge on any atom is 0.433 e. The number of H-pyrrole nitrogens is 1. The maximum absolute atomic E-state index is 11.2. The van der Waals surface area contributed by atoms with Crippen molar-refractivity contribution in [3.05, 3.63) is 92.7 Å². The molecule has 0 unspecified atom stereocenters. The third kappa shape index (κ3) is 3.42. The fraction of sp³-hybridized carbons (Fsp3) is 0.0455. The Hall–Kier alpha value is -4.71. The molecule has 4 aromatic heterocycles. The standard InChI is InChI=1S/C22H14N8O3S/c1-12-2-3-14-15(10-12)25-20(24-14)16-11-18(17-4-5-19(33-17)30(31)32)34-22-27-26-21(29(22)28-16)13-6-8-23-9-7-13/h2-11,28H,1H3/b20-16-. The van der Waals surface area contributed by atoms with Gasteiger partial charge in [0.1, 0.15) is 10.3 Å². The average molecular weight is 470 g/mol. The minimum Gasteiger partial charge on any atom is -0.400 e. The molecular weight excluding hydrogens is 456 g/mol. The third-order valence-electron chi connectivity index (χ3n) is 5.12. The number of hydrogen-bond donors (Lipinski definition) is 1. The highest BCUT2D eigenvalue weighted by Crippen LogP contribution is 2.29. The molecule has 6 rings (SSSR count). The van der Waals surface area contributed by atoms with Crippen molar-refractivity contribution in [1.82, 2.24) is 24.8 Å². The first-order valence-corrected chi connectivity index (χ1v) is 10.9. The lowest BCUT2D eigenvalue weighted by atomic mass is 10.2. The normalized spacial score (nSPS) is 13.9. The number of benzene rings is 1. The highest BCUT2D eigenvalue weighted by Gasteiger charge is 2.16. The molecule has 0 saturated heterocycles. The van der Waals surface area contributed by atoms with E-state index in [0.717, 1.165) is 21.8 Å². The van der Waals surface area contributed by atoms with Crippen LogP contribution in [0.5, 0.6) is 0 Å². The Labute approximate surface area is 193 Å². The number of aromatic amines is 1.